The Morgan fingerprint density at radius 2 is 2.25 bits per heavy atom. The third-order valence-corrected chi connectivity index (χ3v) is 4.47. The van der Waals surface area contributed by atoms with Gasteiger partial charge in [-0.15, -0.1) is 0 Å². The lowest BCUT2D eigenvalue weighted by Gasteiger charge is -2.42. The van der Waals surface area contributed by atoms with Gasteiger partial charge in [0.25, 0.3) is 0 Å². The number of alkyl halides is 1. The normalized spacial score (nSPS) is 34.7. The molecule has 1 N–H and O–H groups in total. The van der Waals surface area contributed by atoms with Gasteiger partial charge in [0.15, 0.2) is 0 Å². The zero-order valence-corrected chi connectivity index (χ0v) is 11.7. The van der Waals surface area contributed by atoms with E-state index in [9.17, 15) is 9.90 Å². The van der Waals surface area contributed by atoms with Crippen LogP contribution in [-0.4, -0.2) is 16.4 Å². The molecule has 3 heteroatoms. The molecule has 0 aromatic rings. The SMILES string of the molecule is C=C(C)[C@H]1C[C@H](CCBr)CC[C@]1(C)C(=O)O. The lowest BCUT2D eigenvalue weighted by Crippen LogP contribution is -2.41. The van der Waals surface area contributed by atoms with Gasteiger partial charge in [0.2, 0.25) is 0 Å². The van der Waals surface area contributed by atoms with Crippen molar-refractivity contribution < 1.29 is 9.90 Å². The van der Waals surface area contributed by atoms with Crippen LogP contribution in [0.3, 0.4) is 0 Å². The second kappa shape index (κ2) is 5.35. The fourth-order valence-electron chi connectivity index (χ4n) is 2.81. The smallest absolute Gasteiger partial charge is 0.309 e. The maximum absolute atomic E-state index is 11.4. The fourth-order valence-corrected chi connectivity index (χ4v) is 3.45. The van der Waals surface area contributed by atoms with Gasteiger partial charge in [-0.05, 0) is 51.4 Å². The maximum Gasteiger partial charge on any atom is 0.309 e. The third-order valence-electron chi connectivity index (χ3n) is 4.01. The Bertz CT molecular complexity index is 288. The second-order valence-corrected chi connectivity index (χ2v) is 6.03. The largest absolute Gasteiger partial charge is 0.481 e. The summed E-state index contributed by atoms with van der Waals surface area (Å²) in [5, 5.41) is 10.4. The minimum absolute atomic E-state index is 0.128. The molecule has 1 aliphatic rings. The highest BCUT2D eigenvalue weighted by Gasteiger charge is 2.45. The molecular weight excluding hydrogens is 268 g/mol. The van der Waals surface area contributed by atoms with Gasteiger partial charge in [0, 0.05) is 5.33 Å². The summed E-state index contributed by atoms with van der Waals surface area (Å²) < 4.78 is 0. The zero-order chi connectivity index (χ0) is 12.3. The molecule has 0 radical (unpaired) electrons. The Labute approximate surface area is 106 Å². The van der Waals surface area contributed by atoms with Crippen LogP contribution in [0.2, 0.25) is 0 Å². The highest BCUT2D eigenvalue weighted by Crippen LogP contribution is 2.47. The van der Waals surface area contributed by atoms with E-state index in [4.69, 9.17) is 0 Å². The number of aliphatic carboxylic acids is 1. The molecule has 1 aliphatic carbocycles. The lowest BCUT2D eigenvalue weighted by atomic mass is 9.62. The molecule has 0 aromatic heterocycles. The molecule has 1 saturated carbocycles. The quantitative estimate of drug-likeness (QED) is 0.630. The first kappa shape index (κ1) is 13.8. The Morgan fingerprint density at radius 3 is 2.69 bits per heavy atom. The molecule has 0 aliphatic heterocycles. The van der Waals surface area contributed by atoms with Gasteiger partial charge in [0.1, 0.15) is 0 Å². The number of carboxylic acid groups (broad SMARTS) is 1. The first-order valence-corrected chi connectivity index (χ1v) is 6.98. The van der Waals surface area contributed by atoms with Gasteiger partial charge < -0.3 is 5.11 Å². The summed E-state index contributed by atoms with van der Waals surface area (Å²) in [4.78, 5) is 11.4. The van der Waals surface area contributed by atoms with Crippen LogP contribution >= 0.6 is 15.9 Å². The first-order valence-electron chi connectivity index (χ1n) is 5.86. The van der Waals surface area contributed by atoms with Crippen LogP contribution < -0.4 is 0 Å². The van der Waals surface area contributed by atoms with Gasteiger partial charge in [-0.2, -0.15) is 0 Å². The lowest BCUT2D eigenvalue weighted by molar-refractivity contribution is -0.153. The summed E-state index contributed by atoms with van der Waals surface area (Å²) in [7, 11) is 0. The summed E-state index contributed by atoms with van der Waals surface area (Å²) in [6.07, 6.45) is 3.92. The summed E-state index contributed by atoms with van der Waals surface area (Å²) >= 11 is 3.46. The number of allylic oxidation sites excluding steroid dienone is 1. The van der Waals surface area contributed by atoms with Crippen LogP contribution in [0.4, 0.5) is 0 Å². The van der Waals surface area contributed by atoms with E-state index in [2.05, 4.69) is 22.5 Å². The van der Waals surface area contributed by atoms with Crippen molar-refractivity contribution in [2.45, 2.75) is 39.5 Å². The highest BCUT2D eigenvalue weighted by atomic mass is 79.9. The number of carboxylic acids is 1. The minimum Gasteiger partial charge on any atom is -0.481 e. The Morgan fingerprint density at radius 1 is 1.62 bits per heavy atom. The number of halogens is 1. The summed E-state index contributed by atoms with van der Waals surface area (Å²) in [5.41, 5.74) is 0.415. The van der Waals surface area contributed by atoms with Crippen LogP contribution in [0.5, 0.6) is 0 Å². The van der Waals surface area contributed by atoms with E-state index in [1.807, 2.05) is 13.8 Å². The van der Waals surface area contributed by atoms with Crippen molar-refractivity contribution in [3.63, 3.8) is 0 Å². The average molecular weight is 289 g/mol. The predicted molar refractivity (Wildman–Crippen MR) is 69.8 cm³/mol. The van der Waals surface area contributed by atoms with E-state index in [1.165, 1.54) is 0 Å². The molecule has 0 heterocycles. The molecule has 0 saturated heterocycles. The van der Waals surface area contributed by atoms with E-state index < -0.39 is 11.4 Å². The van der Waals surface area contributed by atoms with Crippen molar-refractivity contribution in [3.05, 3.63) is 12.2 Å². The number of hydrogen-bond donors (Lipinski definition) is 1. The second-order valence-electron chi connectivity index (χ2n) is 5.24. The van der Waals surface area contributed by atoms with Gasteiger partial charge >= 0.3 is 5.97 Å². The maximum atomic E-state index is 11.4. The standard InChI is InChI=1S/C13H21BrO2/c1-9(2)11-8-10(5-7-14)4-6-13(11,3)12(15)16/h10-11H,1,4-8H2,2-3H3,(H,15,16)/t10-,11+,13-/m0/s1. The first-order chi connectivity index (χ1) is 7.41. The molecule has 1 rings (SSSR count). The van der Waals surface area contributed by atoms with Crippen LogP contribution in [0.15, 0.2) is 12.2 Å². The molecule has 3 atom stereocenters. The van der Waals surface area contributed by atoms with Crippen LogP contribution in [-0.2, 0) is 4.79 Å². The summed E-state index contributed by atoms with van der Waals surface area (Å²) in [6, 6.07) is 0. The predicted octanol–water partition coefficient (Wildman–Crippen LogP) is 3.85. The van der Waals surface area contributed by atoms with E-state index in [0.717, 1.165) is 36.6 Å². The molecule has 1 fully saturated rings. The van der Waals surface area contributed by atoms with E-state index in [0.29, 0.717) is 5.92 Å². The Hall–Kier alpha value is -0.310. The van der Waals surface area contributed by atoms with Crippen LogP contribution in [0, 0.1) is 17.3 Å². The number of hydrogen-bond acceptors (Lipinski definition) is 1. The van der Waals surface area contributed by atoms with Crippen LogP contribution in [0.25, 0.3) is 0 Å². The van der Waals surface area contributed by atoms with Gasteiger partial charge in [-0.3, -0.25) is 4.79 Å². The van der Waals surface area contributed by atoms with Crippen molar-refractivity contribution in [2.24, 2.45) is 17.3 Å². The molecular formula is C13H21BrO2. The van der Waals surface area contributed by atoms with Crippen molar-refractivity contribution in [1.29, 1.82) is 0 Å². The zero-order valence-electron chi connectivity index (χ0n) is 10.1. The molecule has 0 amide bonds. The molecule has 0 spiro atoms. The molecule has 2 nitrogen and oxygen atoms in total. The van der Waals surface area contributed by atoms with Crippen molar-refractivity contribution in [3.8, 4) is 0 Å². The average Bonchev–Trinajstić information content (AvgIpc) is 2.20. The minimum atomic E-state index is -0.669. The summed E-state index contributed by atoms with van der Waals surface area (Å²) in [6.45, 7) is 7.81. The molecule has 0 unspecified atom stereocenters. The van der Waals surface area contributed by atoms with Gasteiger partial charge in [-0.25, -0.2) is 0 Å². The van der Waals surface area contributed by atoms with Gasteiger partial charge in [-0.1, -0.05) is 28.1 Å². The highest BCUT2D eigenvalue weighted by molar-refractivity contribution is 9.09. The number of rotatable bonds is 4. The monoisotopic (exact) mass is 288 g/mol. The fraction of sp³-hybridized carbons (Fsp3) is 0.769. The summed E-state index contributed by atoms with van der Waals surface area (Å²) in [5.74, 6) is 0.106. The Balaban J connectivity index is 2.83. The Kier molecular flexibility index (Phi) is 4.60. The topological polar surface area (TPSA) is 37.3 Å². The van der Waals surface area contributed by atoms with Crippen molar-refractivity contribution in [2.75, 3.05) is 5.33 Å². The molecule has 92 valence electrons. The molecule has 16 heavy (non-hydrogen) atoms. The van der Waals surface area contributed by atoms with Gasteiger partial charge in [0.05, 0.1) is 5.41 Å². The molecule has 0 bridgehead atoms. The third kappa shape index (κ3) is 2.68. The number of carbonyl (C=O) groups is 1. The van der Waals surface area contributed by atoms with E-state index >= 15 is 0 Å². The van der Waals surface area contributed by atoms with Crippen LogP contribution in [0.1, 0.15) is 39.5 Å². The van der Waals surface area contributed by atoms with Crippen molar-refractivity contribution in [1.82, 2.24) is 0 Å². The van der Waals surface area contributed by atoms with E-state index in [1.54, 1.807) is 0 Å². The molecule has 0 aromatic carbocycles. The van der Waals surface area contributed by atoms with Crippen molar-refractivity contribution >= 4 is 21.9 Å². The van der Waals surface area contributed by atoms with E-state index in [-0.39, 0.29) is 5.92 Å².